The van der Waals surface area contributed by atoms with Gasteiger partial charge in [0.1, 0.15) is 0 Å². The van der Waals surface area contributed by atoms with E-state index in [-0.39, 0.29) is 18.6 Å². The van der Waals surface area contributed by atoms with Gasteiger partial charge in [-0.05, 0) is 10.8 Å². The van der Waals surface area contributed by atoms with E-state index in [0.717, 1.165) is 0 Å². The summed E-state index contributed by atoms with van der Waals surface area (Å²) in [7, 11) is 0. The van der Waals surface area contributed by atoms with Crippen LogP contribution in [0.3, 0.4) is 0 Å². The molecule has 0 saturated carbocycles. The van der Waals surface area contributed by atoms with Crippen molar-refractivity contribution in [3.8, 4) is 0 Å². The molecule has 0 amide bonds. The Balaban J connectivity index is 0.000000605. The van der Waals surface area contributed by atoms with Gasteiger partial charge in [-0.1, -0.05) is 48.5 Å². The second-order valence-electron chi connectivity index (χ2n) is 2.35. The van der Waals surface area contributed by atoms with E-state index in [9.17, 15) is 0 Å². The van der Waals surface area contributed by atoms with E-state index in [0.29, 0.717) is 0 Å². The molecule has 1 radical (unpaired) electrons. The second-order valence-corrected chi connectivity index (χ2v) is 2.35. The van der Waals surface area contributed by atoms with Gasteiger partial charge in [0.05, 0.1) is 0 Å². The summed E-state index contributed by atoms with van der Waals surface area (Å²) in [6, 6.07) is 16.7. The largest absolute Gasteiger partial charge is 0.0616 e. The molecule has 0 nitrogen and oxygen atoms in total. The maximum Gasteiger partial charge on any atom is 0 e. The minimum Gasteiger partial charge on any atom is -0.0616 e. The Morgan fingerprint density at radius 2 is 0.818 bits per heavy atom. The van der Waals surface area contributed by atoms with Gasteiger partial charge in [0.2, 0.25) is 0 Å². The molecule has 53 valence electrons. The maximum absolute atomic E-state index is 2.12. The monoisotopic (exact) mass is 179 g/mol. The normalized spacial score (nSPS) is 9.09. The third-order valence-corrected chi connectivity index (χ3v) is 1.66. The van der Waals surface area contributed by atoms with Crippen LogP contribution in [0, 0.1) is 0 Å². The third kappa shape index (κ3) is 1.65. The molecule has 2 aromatic carbocycles. The van der Waals surface area contributed by atoms with Crippen molar-refractivity contribution >= 4 is 10.8 Å². The third-order valence-electron chi connectivity index (χ3n) is 1.66. The van der Waals surface area contributed by atoms with Crippen LogP contribution in [0.4, 0.5) is 0 Å². The number of rotatable bonds is 0. The first kappa shape index (κ1) is 8.38. The molecule has 0 aliphatic carbocycles. The van der Waals surface area contributed by atoms with Gasteiger partial charge in [-0.25, -0.2) is 0 Å². The quantitative estimate of drug-likeness (QED) is 0.583. The minimum atomic E-state index is 0. The molecule has 0 spiro atoms. The van der Waals surface area contributed by atoms with Crippen molar-refractivity contribution in [1.82, 2.24) is 0 Å². The molecule has 2 aromatic rings. The van der Waals surface area contributed by atoms with Gasteiger partial charge in [0.25, 0.3) is 0 Å². The van der Waals surface area contributed by atoms with Crippen LogP contribution in [-0.4, -0.2) is 0 Å². The molecule has 0 aliphatic heterocycles. The summed E-state index contributed by atoms with van der Waals surface area (Å²) < 4.78 is 0. The zero-order chi connectivity index (χ0) is 6.81. The van der Waals surface area contributed by atoms with E-state index >= 15 is 0 Å². The van der Waals surface area contributed by atoms with Gasteiger partial charge in [-0.15, -0.1) is 0 Å². The summed E-state index contributed by atoms with van der Waals surface area (Å²) in [5.41, 5.74) is 0. The van der Waals surface area contributed by atoms with Crippen LogP contribution in [-0.2, 0) is 18.6 Å². The van der Waals surface area contributed by atoms with E-state index in [4.69, 9.17) is 0 Å². The maximum atomic E-state index is 2.12. The molecular formula is C10H8V. The van der Waals surface area contributed by atoms with Crippen LogP contribution in [0.15, 0.2) is 48.5 Å². The number of benzene rings is 2. The van der Waals surface area contributed by atoms with Crippen LogP contribution >= 0.6 is 0 Å². The van der Waals surface area contributed by atoms with Crippen molar-refractivity contribution in [3.63, 3.8) is 0 Å². The predicted octanol–water partition coefficient (Wildman–Crippen LogP) is 2.84. The van der Waals surface area contributed by atoms with Crippen LogP contribution in [0.5, 0.6) is 0 Å². The Hall–Kier alpha value is -0.716. The topological polar surface area (TPSA) is 0 Å². The van der Waals surface area contributed by atoms with Gasteiger partial charge in [-0.3, -0.25) is 0 Å². The number of hydrogen-bond donors (Lipinski definition) is 0. The Morgan fingerprint density at radius 3 is 1.09 bits per heavy atom. The van der Waals surface area contributed by atoms with Crippen LogP contribution in [0.25, 0.3) is 10.8 Å². The van der Waals surface area contributed by atoms with Crippen molar-refractivity contribution < 1.29 is 18.6 Å². The average molecular weight is 179 g/mol. The molecule has 11 heavy (non-hydrogen) atoms. The van der Waals surface area contributed by atoms with Gasteiger partial charge in [-0.2, -0.15) is 0 Å². The first-order chi connectivity index (χ1) is 4.97. The Kier molecular flexibility index (Phi) is 2.75. The number of fused-ring (bicyclic) bond motifs is 1. The molecule has 0 fully saturated rings. The Labute approximate surface area is 78.1 Å². The molecule has 1 heteroatoms. The van der Waals surface area contributed by atoms with Crippen LogP contribution in [0.1, 0.15) is 0 Å². The fraction of sp³-hybridized carbons (Fsp3) is 0. The van der Waals surface area contributed by atoms with Crippen LogP contribution < -0.4 is 0 Å². The summed E-state index contributed by atoms with van der Waals surface area (Å²) in [5, 5.41) is 2.62. The molecule has 0 atom stereocenters. The van der Waals surface area contributed by atoms with E-state index in [1.807, 2.05) is 0 Å². The SMILES string of the molecule is [V].c1ccc2ccccc2c1. The van der Waals surface area contributed by atoms with Gasteiger partial charge >= 0.3 is 0 Å². The fourth-order valence-corrected chi connectivity index (χ4v) is 1.13. The van der Waals surface area contributed by atoms with Gasteiger partial charge in [0, 0.05) is 18.6 Å². The molecule has 0 saturated heterocycles. The predicted molar refractivity (Wildman–Crippen MR) is 43.9 cm³/mol. The minimum absolute atomic E-state index is 0. The molecule has 0 unspecified atom stereocenters. The van der Waals surface area contributed by atoms with Crippen LogP contribution in [0.2, 0.25) is 0 Å². The second kappa shape index (κ2) is 3.61. The summed E-state index contributed by atoms with van der Waals surface area (Å²) in [6.45, 7) is 0. The van der Waals surface area contributed by atoms with Crippen molar-refractivity contribution in [2.24, 2.45) is 0 Å². The molecular weight excluding hydrogens is 171 g/mol. The van der Waals surface area contributed by atoms with E-state index in [1.165, 1.54) is 10.8 Å². The van der Waals surface area contributed by atoms with Gasteiger partial charge in [0.15, 0.2) is 0 Å². The number of hydrogen-bond acceptors (Lipinski definition) is 0. The van der Waals surface area contributed by atoms with Gasteiger partial charge < -0.3 is 0 Å². The zero-order valence-corrected chi connectivity index (χ0v) is 7.46. The van der Waals surface area contributed by atoms with E-state index < -0.39 is 0 Å². The van der Waals surface area contributed by atoms with Crippen molar-refractivity contribution in [2.45, 2.75) is 0 Å². The molecule has 0 heterocycles. The fourth-order valence-electron chi connectivity index (χ4n) is 1.13. The smallest absolute Gasteiger partial charge is 0 e. The van der Waals surface area contributed by atoms with Crippen molar-refractivity contribution in [2.75, 3.05) is 0 Å². The van der Waals surface area contributed by atoms with Crippen molar-refractivity contribution in [3.05, 3.63) is 48.5 Å². The average Bonchev–Trinajstić information content (AvgIpc) is 2.05. The first-order valence-corrected chi connectivity index (χ1v) is 3.40. The first-order valence-electron chi connectivity index (χ1n) is 3.40. The molecule has 0 aromatic heterocycles. The Bertz CT molecular complexity index is 276. The standard InChI is InChI=1S/C10H8.V/c1-2-6-10-8-4-3-7-9(10)5-1;/h1-8H;. The molecule has 0 N–H and O–H groups in total. The summed E-state index contributed by atoms with van der Waals surface area (Å²) in [6.07, 6.45) is 0. The molecule has 2 rings (SSSR count). The summed E-state index contributed by atoms with van der Waals surface area (Å²) in [5.74, 6) is 0. The Morgan fingerprint density at radius 1 is 0.545 bits per heavy atom. The molecule has 0 bridgehead atoms. The van der Waals surface area contributed by atoms with E-state index in [2.05, 4.69) is 48.5 Å². The van der Waals surface area contributed by atoms with E-state index in [1.54, 1.807) is 0 Å². The van der Waals surface area contributed by atoms with Crippen molar-refractivity contribution in [1.29, 1.82) is 0 Å². The summed E-state index contributed by atoms with van der Waals surface area (Å²) >= 11 is 0. The zero-order valence-electron chi connectivity index (χ0n) is 6.07. The molecule has 0 aliphatic rings. The summed E-state index contributed by atoms with van der Waals surface area (Å²) in [4.78, 5) is 0.